The van der Waals surface area contributed by atoms with Crippen molar-refractivity contribution in [2.45, 2.75) is 45.2 Å². The van der Waals surface area contributed by atoms with Crippen molar-refractivity contribution in [3.8, 4) is 0 Å². The number of rotatable bonds is 3. The Bertz CT molecular complexity index is 761. The van der Waals surface area contributed by atoms with Gasteiger partial charge in [-0.2, -0.15) is 0 Å². The highest BCUT2D eigenvalue weighted by atomic mass is 16.5. The Morgan fingerprint density at radius 2 is 2.04 bits per heavy atom. The molecule has 2 aromatic rings. The van der Waals surface area contributed by atoms with Crippen molar-refractivity contribution in [3.05, 3.63) is 35.6 Å². The largest absolute Gasteiger partial charge is 0.459 e. The number of carbonyl (C=O) groups excluding carboxylic acids is 1. The van der Waals surface area contributed by atoms with Crippen molar-refractivity contribution in [2.24, 2.45) is 5.41 Å². The molecule has 0 bridgehead atoms. The normalized spacial score (nSPS) is 23.2. The SMILES string of the molecule is Cc1c([C@@H](C)NC(=O)NC2CC23CCOCC3)oc2ccccc12. The second-order valence-electron chi connectivity index (χ2n) is 7.16. The number of ether oxygens (including phenoxy) is 1. The maximum absolute atomic E-state index is 12.3. The van der Waals surface area contributed by atoms with Gasteiger partial charge in [0, 0.05) is 30.2 Å². The molecule has 128 valence electrons. The van der Waals surface area contributed by atoms with Gasteiger partial charge >= 0.3 is 6.03 Å². The molecule has 2 fully saturated rings. The fourth-order valence-electron chi connectivity index (χ4n) is 3.95. The number of furan rings is 1. The molecule has 5 heteroatoms. The van der Waals surface area contributed by atoms with Crippen LogP contribution in [0.15, 0.2) is 28.7 Å². The van der Waals surface area contributed by atoms with Crippen molar-refractivity contribution in [2.75, 3.05) is 13.2 Å². The minimum absolute atomic E-state index is 0.115. The highest BCUT2D eigenvalue weighted by molar-refractivity contribution is 5.82. The van der Waals surface area contributed by atoms with Crippen molar-refractivity contribution < 1.29 is 13.9 Å². The average Bonchev–Trinajstić information content (AvgIpc) is 3.09. The molecule has 1 aromatic heterocycles. The van der Waals surface area contributed by atoms with Crippen LogP contribution >= 0.6 is 0 Å². The number of hydrogen-bond donors (Lipinski definition) is 2. The van der Waals surface area contributed by atoms with Crippen molar-refractivity contribution >= 4 is 17.0 Å². The fourth-order valence-corrected chi connectivity index (χ4v) is 3.95. The summed E-state index contributed by atoms with van der Waals surface area (Å²) < 4.78 is 11.4. The fraction of sp³-hybridized carbons (Fsp3) is 0.526. The molecule has 1 saturated heterocycles. The van der Waals surface area contributed by atoms with E-state index < -0.39 is 0 Å². The highest BCUT2D eigenvalue weighted by Gasteiger charge is 2.55. The van der Waals surface area contributed by atoms with Crippen LogP contribution in [-0.2, 0) is 4.74 Å². The Morgan fingerprint density at radius 1 is 1.29 bits per heavy atom. The van der Waals surface area contributed by atoms with Crippen LogP contribution in [0.25, 0.3) is 11.0 Å². The van der Waals surface area contributed by atoms with E-state index in [0.717, 1.165) is 54.8 Å². The van der Waals surface area contributed by atoms with Crippen molar-refractivity contribution in [3.63, 3.8) is 0 Å². The van der Waals surface area contributed by atoms with Gasteiger partial charge in [0.05, 0.1) is 6.04 Å². The lowest BCUT2D eigenvalue weighted by atomic mass is 9.96. The zero-order chi connectivity index (χ0) is 16.7. The first-order valence-electron chi connectivity index (χ1n) is 8.72. The van der Waals surface area contributed by atoms with Gasteiger partial charge in [0.2, 0.25) is 0 Å². The lowest BCUT2D eigenvalue weighted by Gasteiger charge is -2.23. The lowest BCUT2D eigenvalue weighted by Crippen LogP contribution is -2.40. The van der Waals surface area contributed by atoms with E-state index in [4.69, 9.17) is 9.15 Å². The zero-order valence-electron chi connectivity index (χ0n) is 14.2. The number of urea groups is 1. The summed E-state index contributed by atoms with van der Waals surface area (Å²) in [7, 11) is 0. The highest BCUT2D eigenvalue weighted by Crippen LogP contribution is 2.53. The van der Waals surface area contributed by atoms with Crippen molar-refractivity contribution in [1.29, 1.82) is 0 Å². The van der Waals surface area contributed by atoms with Crippen LogP contribution in [0.3, 0.4) is 0 Å². The Kier molecular flexibility index (Phi) is 3.76. The van der Waals surface area contributed by atoms with Crippen LogP contribution in [0.5, 0.6) is 0 Å². The standard InChI is InChI=1S/C19H24N2O3/c1-12-14-5-3-4-6-15(14)24-17(12)13(2)20-18(22)21-16-11-19(16)7-9-23-10-8-19/h3-6,13,16H,7-11H2,1-2H3,(H2,20,21,22)/t13-,16?/m1/s1. The topological polar surface area (TPSA) is 63.5 Å². The van der Waals surface area contributed by atoms with E-state index in [9.17, 15) is 4.79 Å². The van der Waals surface area contributed by atoms with Crippen LogP contribution in [0.1, 0.15) is 43.6 Å². The summed E-state index contributed by atoms with van der Waals surface area (Å²) in [5.74, 6) is 0.822. The molecule has 2 N–H and O–H groups in total. The molecule has 1 aliphatic carbocycles. The number of fused-ring (bicyclic) bond motifs is 1. The summed E-state index contributed by atoms with van der Waals surface area (Å²) in [6, 6.07) is 7.96. The number of amides is 2. The molecule has 1 spiro atoms. The number of hydrogen-bond acceptors (Lipinski definition) is 3. The molecule has 24 heavy (non-hydrogen) atoms. The van der Waals surface area contributed by atoms with E-state index in [2.05, 4.69) is 10.6 Å². The minimum Gasteiger partial charge on any atom is -0.459 e. The van der Waals surface area contributed by atoms with Crippen LogP contribution in [-0.4, -0.2) is 25.3 Å². The zero-order valence-corrected chi connectivity index (χ0v) is 14.2. The Balaban J connectivity index is 1.39. The maximum Gasteiger partial charge on any atom is 0.315 e. The predicted octanol–water partition coefficient (Wildman–Crippen LogP) is 3.67. The molecule has 2 amide bonds. The predicted molar refractivity (Wildman–Crippen MR) is 91.9 cm³/mol. The number of aryl methyl sites for hydroxylation is 1. The van der Waals surface area contributed by atoms with Gasteiger partial charge < -0.3 is 19.8 Å². The van der Waals surface area contributed by atoms with Crippen molar-refractivity contribution in [1.82, 2.24) is 10.6 Å². The Morgan fingerprint density at radius 3 is 2.79 bits per heavy atom. The number of para-hydroxylation sites is 1. The Hall–Kier alpha value is -2.01. The third-order valence-corrected chi connectivity index (χ3v) is 5.61. The summed E-state index contributed by atoms with van der Waals surface area (Å²) in [5.41, 5.74) is 2.24. The summed E-state index contributed by atoms with van der Waals surface area (Å²) in [6.07, 6.45) is 3.17. The number of carbonyl (C=O) groups is 1. The molecule has 2 aliphatic rings. The van der Waals surface area contributed by atoms with E-state index in [1.807, 2.05) is 38.1 Å². The van der Waals surface area contributed by atoms with Crippen LogP contribution in [0, 0.1) is 12.3 Å². The van der Waals surface area contributed by atoms with Gasteiger partial charge in [-0.1, -0.05) is 18.2 Å². The molecule has 0 radical (unpaired) electrons. The quantitative estimate of drug-likeness (QED) is 0.903. The molecule has 2 atom stereocenters. The first-order valence-corrected chi connectivity index (χ1v) is 8.72. The summed E-state index contributed by atoms with van der Waals surface area (Å²) in [5, 5.41) is 7.24. The smallest absolute Gasteiger partial charge is 0.315 e. The first kappa shape index (κ1) is 15.5. The van der Waals surface area contributed by atoms with E-state index in [0.29, 0.717) is 0 Å². The van der Waals surface area contributed by atoms with E-state index >= 15 is 0 Å². The first-order chi connectivity index (χ1) is 11.6. The summed E-state index contributed by atoms with van der Waals surface area (Å²) in [6.45, 7) is 5.62. The Labute approximate surface area is 141 Å². The summed E-state index contributed by atoms with van der Waals surface area (Å²) in [4.78, 5) is 12.3. The minimum atomic E-state index is -0.165. The molecule has 1 unspecified atom stereocenters. The molecule has 4 rings (SSSR count). The van der Waals surface area contributed by atoms with Crippen LogP contribution < -0.4 is 10.6 Å². The van der Waals surface area contributed by atoms with Gasteiger partial charge in [-0.3, -0.25) is 0 Å². The van der Waals surface area contributed by atoms with E-state index in [1.165, 1.54) is 0 Å². The summed E-state index contributed by atoms with van der Waals surface area (Å²) >= 11 is 0. The third-order valence-electron chi connectivity index (χ3n) is 5.61. The average molecular weight is 328 g/mol. The van der Waals surface area contributed by atoms with Gasteiger partial charge in [-0.25, -0.2) is 4.79 Å². The van der Waals surface area contributed by atoms with Crippen LogP contribution in [0.2, 0.25) is 0 Å². The maximum atomic E-state index is 12.3. The van der Waals surface area contributed by atoms with Gasteiger partial charge in [0.1, 0.15) is 11.3 Å². The van der Waals surface area contributed by atoms with E-state index in [-0.39, 0.29) is 23.5 Å². The number of benzene rings is 1. The molecule has 1 saturated carbocycles. The second-order valence-corrected chi connectivity index (χ2v) is 7.16. The number of nitrogens with one attached hydrogen (secondary N) is 2. The molecule has 5 nitrogen and oxygen atoms in total. The molecule has 2 heterocycles. The molecular formula is C19H24N2O3. The van der Waals surface area contributed by atoms with Crippen LogP contribution in [0.4, 0.5) is 4.79 Å². The molecule has 1 aromatic carbocycles. The molecule has 1 aliphatic heterocycles. The van der Waals surface area contributed by atoms with Gasteiger partial charge in [-0.05, 0) is 44.6 Å². The van der Waals surface area contributed by atoms with Gasteiger partial charge in [0.15, 0.2) is 0 Å². The second kappa shape index (κ2) is 5.81. The molecular weight excluding hydrogens is 304 g/mol. The van der Waals surface area contributed by atoms with Gasteiger partial charge in [-0.15, -0.1) is 0 Å². The monoisotopic (exact) mass is 328 g/mol. The lowest BCUT2D eigenvalue weighted by molar-refractivity contribution is 0.0547. The van der Waals surface area contributed by atoms with Gasteiger partial charge in [0.25, 0.3) is 0 Å². The van der Waals surface area contributed by atoms with E-state index in [1.54, 1.807) is 0 Å². The third kappa shape index (κ3) is 2.67.